The topological polar surface area (TPSA) is 81.9 Å². The van der Waals surface area contributed by atoms with Crippen molar-refractivity contribution in [2.45, 2.75) is 32.0 Å². The molecule has 0 aliphatic rings. The number of benzene rings is 1. The third-order valence-electron chi connectivity index (χ3n) is 3.82. The van der Waals surface area contributed by atoms with Gasteiger partial charge in [-0.05, 0) is 31.9 Å². The number of sulfone groups is 1. The number of aryl methyl sites for hydroxylation is 3. The molecule has 0 spiro atoms. The molecule has 2 aromatic heterocycles. The van der Waals surface area contributed by atoms with Crippen LogP contribution in [0.3, 0.4) is 0 Å². The van der Waals surface area contributed by atoms with Gasteiger partial charge >= 0.3 is 0 Å². The second-order valence-corrected chi connectivity index (χ2v) is 9.15. The third kappa shape index (κ3) is 2.65. The Bertz CT molecular complexity index is 1090. The summed E-state index contributed by atoms with van der Waals surface area (Å²) >= 11 is 0.884. The van der Waals surface area contributed by atoms with Crippen LogP contribution in [0.1, 0.15) is 23.6 Å². The molecular weight excluding hydrogens is 346 g/mol. The van der Waals surface area contributed by atoms with Crippen molar-refractivity contribution in [1.29, 1.82) is 0 Å². The minimum Gasteiger partial charge on any atom is -0.267 e. The van der Waals surface area contributed by atoms with Gasteiger partial charge in [0.2, 0.25) is 14.2 Å². The summed E-state index contributed by atoms with van der Waals surface area (Å²) in [6.07, 6.45) is 1.41. The number of fused-ring (bicyclic) bond motifs is 1. The second kappa shape index (κ2) is 5.78. The van der Waals surface area contributed by atoms with Gasteiger partial charge in [0.05, 0.1) is 11.4 Å². The van der Waals surface area contributed by atoms with E-state index in [4.69, 9.17) is 0 Å². The van der Waals surface area contributed by atoms with E-state index in [0.29, 0.717) is 0 Å². The Morgan fingerprint density at radius 3 is 2.38 bits per heavy atom. The summed E-state index contributed by atoms with van der Waals surface area (Å²) in [5.74, 6) is -0.0583. The van der Waals surface area contributed by atoms with Crippen molar-refractivity contribution in [1.82, 2.24) is 14.5 Å². The molecule has 0 saturated carbocycles. The summed E-state index contributed by atoms with van der Waals surface area (Å²) in [7, 11) is -3.46. The van der Waals surface area contributed by atoms with Crippen LogP contribution in [-0.2, 0) is 9.84 Å². The van der Waals surface area contributed by atoms with Crippen LogP contribution >= 0.6 is 11.3 Å². The molecule has 24 heavy (non-hydrogen) atoms. The molecule has 0 aliphatic carbocycles. The zero-order valence-electron chi connectivity index (χ0n) is 13.8. The van der Waals surface area contributed by atoms with Gasteiger partial charge in [-0.1, -0.05) is 36.0 Å². The fourth-order valence-corrected chi connectivity index (χ4v) is 5.03. The van der Waals surface area contributed by atoms with Crippen LogP contribution in [-0.4, -0.2) is 28.7 Å². The lowest BCUT2D eigenvalue weighted by Gasteiger charge is -2.13. The molecule has 1 aromatic carbocycles. The number of rotatable bonds is 3. The maximum absolute atomic E-state index is 12.8. The highest BCUT2D eigenvalue weighted by molar-refractivity contribution is 7.93. The number of thiazole rings is 1. The molecule has 0 fully saturated rings. The Kier molecular flexibility index (Phi) is 4.05. The van der Waals surface area contributed by atoms with Gasteiger partial charge in [-0.2, -0.15) is 0 Å². The van der Waals surface area contributed by atoms with Gasteiger partial charge in [0, 0.05) is 0 Å². The van der Waals surface area contributed by atoms with E-state index >= 15 is 0 Å². The number of hydrogen-bond donors (Lipinski definition) is 0. The molecule has 0 radical (unpaired) electrons. The standard InChI is InChI=1S/C16H17N3O3S2/c1-5-24(21,22)16-18-14-13(23-16)15(20)19(8-17-14)12-10(3)6-9(2)7-11(12)4/h6-8H,5H2,1-4H3. The van der Waals surface area contributed by atoms with E-state index in [1.165, 1.54) is 10.9 Å². The lowest BCUT2D eigenvalue weighted by molar-refractivity contribution is 0.596. The molecular formula is C16H17N3O3S2. The van der Waals surface area contributed by atoms with Crippen LogP contribution in [0, 0.1) is 20.8 Å². The lowest BCUT2D eigenvalue weighted by atomic mass is 10.1. The summed E-state index contributed by atoms with van der Waals surface area (Å²) in [4.78, 5) is 21.1. The number of aromatic nitrogens is 3. The van der Waals surface area contributed by atoms with Crippen molar-refractivity contribution in [3.8, 4) is 5.69 Å². The van der Waals surface area contributed by atoms with E-state index in [1.54, 1.807) is 6.92 Å². The van der Waals surface area contributed by atoms with Gasteiger partial charge in [0.25, 0.3) is 5.56 Å². The van der Waals surface area contributed by atoms with Crippen molar-refractivity contribution >= 4 is 31.5 Å². The molecule has 0 aliphatic heterocycles. The molecule has 126 valence electrons. The van der Waals surface area contributed by atoms with Crippen molar-refractivity contribution in [3.05, 3.63) is 45.5 Å². The molecule has 3 rings (SSSR count). The van der Waals surface area contributed by atoms with E-state index in [9.17, 15) is 13.2 Å². The predicted octanol–water partition coefficient (Wildman–Crippen LogP) is 2.56. The quantitative estimate of drug-likeness (QED) is 0.714. The summed E-state index contributed by atoms with van der Waals surface area (Å²) in [6.45, 7) is 7.42. The highest BCUT2D eigenvalue weighted by Gasteiger charge is 2.21. The van der Waals surface area contributed by atoms with Crippen molar-refractivity contribution in [3.63, 3.8) is 0 Å². The molecule has 0 bridgehead atoms. The molecule has 0 unspecified atom stereocenters. The molecule has 2 heterocycles. The Morgan fingerprint density at radius 2 is 1.79 bits per heavy atom. The van der Waals surface area contributed by atoms with Gasteiger partial charge < -0.3 is 0 Å². The SMILES string of the molecule is CCS(=O)(=O)c1nc2ncn(-c3c(C)cc(C)cc3C)c(=O)c2s1. The number of hydrogen-bond acceptors (Lipinski definition) is 6. The van der Waals surface area contributed by atoms with Crippen molar-refractivity contribution in [2.75, 3.05) is 5.75 Å². The Labute approximate surface area is 143 Å². The molecule has 0 saturated heterocycles. The van der Waals surface area contributed by atoms with Crippen LogP contribution in [0.15, 0.2) is 27.6 Å². The predicted molar refractivity (Wildman–Crippen MR) is 94.9 cm³/mol. The Balaban J connectivity index is 2.30. The maximum atomic E-state index is 12.8. The lowest BCUT2D eigenvalue weighted by Crippen LogP contribution is -2.19. The molecule has 8 heteroatoms. The van der Waals surface area contributed by atoms with E-state index in [1.807, 2.05) is 32.9 Å². The zero-order chi connectivity index (χ0) is 17.6. The van der Waals surface area contributed by atoms with Gasteiger partial charge in [-0.15, -0.1) is 0 Å². The largest absolute Gasteiger partial charge is 0.277 e. The Morgan fingerprint density at radius 1 is 1.17 bits per heavy atom. The molecule has 0 amide bonds. The molecule has 6 nitrogen and oxygen atoms in total. The van der Waals surface area contributed by atoms with E-state index < -0.39 is 9.84 Å². The molecule has 0 N–H and O–H groups in total. The summed E-state index contributed by atoms with van der Waals surface area (Å²) in [5.41, 5.74) is 3.68. The highest BCUT2D eigenvalue weighted by Crippen LogP contribution is 2.24. The van der Waals surface area contributed by atoms with Gasteiger partial charge in [-0.25, -0.2) is 18.4 Å². The van der Waals surface area contributed by atoms with Crippen molar-refractivity contribution < 1.29 is 8.42 Å². The summed E-state index contributed by atoms with van der Waals surface area (Å²) < 4.78 is 25.7. The van der Waals surface area contributed by atoms with Crippen LogP contribution < -0.4 is 5.56 Å². The minimum absolute atomic E-state index is 0.0558. The van der Waals surface area contributed by atoms with E-state index in [-0.39, 0.29) is 26.0 Å². The zero-order valence-corrected chi connectivity index (χ0v) is 15.5. The second-order valence-electron chi connectivity index (χ2n) is 5.70. The molecule has 3 aromatic rings. The first-order valence-corrected chi connectivity index (χ1v) is 9.90. The Hall–Kier alpha value is -2.06. The van der Waals surface area contributed by atoms with Crippen LogP contribution in [0.2, 0.25) is 0 Å². The van der Waals surface area contributed by atoms with E-state index in [0.717, 1.165) is 33.7 Å². The fourth-order valence-electron chi connectivity index (χ4n) is 2.76. The van der Waals surface area contributed by atoms with E-state index in [2.05, 4.69) is 9.97 Å². The maximum Gasteiger partial charge on any atom is 0.277 e. The van der Waals surface area contributed by atoms with Crippen molar-refractivity contribution in [2.24, 2.45) is 0 Å². The number of nitrogens with zero attached hydrogens (tertiary/aromatic N) is 3. The smallest absolute Gasteiger partial charge is 0.267 e. The first kappa shape index (κ1) is 16.8. The van der Waals surface area contributed by atoms with Crippen LogP contribution in [0.5, 0.6) is 0 Å². The summed E-state index contributed by atoms with van der Waals surface area (Å²) in [5, 5.41) is 0. The average molecular weight is 363 g/mol. The fraction of sp³-hybridized carbons (Fsp3) is 0.312. The van der Waals surface area contributed by atoms with Crippen LogP contribution in [0.25, 0.3) is 16.0 Å². The first-order chi connectivity index (χ1) is 11.2. The monoisotopic (exact) mass is 363 g/mol. The van der Waals surface area contributed by atoms with Gasteiger partial charge in [0.1, 0.15) is 11.0 Å². The van der Waals surface area contributed by atoms with Crippen LogP contribution in [0.4, 0.5) is 0 Å². The first-order valence-electron chi connectivity index (χ1n) is 7.43. The average Bonchev–Trinajstić information content (AvgIpc) is 2.94. The van der Waals surface area contributed by atoms with Gasteiger partial charge in [0.15, 0.2) is 5.65 Å². The minimum atomic E-state index is -3.46. The third-order valence-corrected chi connectivity index (χ3v) is 7.04. The van der Waals surface area contributed by atoms with Gasteiger partial charge in [-0.3, -0.25) is 9.36 Å². The highest BCUT2D eigenvalue weighted by atomic mass is 32.2. The summed E-state index contributed by atoms with van der Waals surface area (Å²) in [6, 6.07) is 4.00. The normalized spacial score (nSPS) is 12.0. The molecule has 0 atom stereocenters.